The second-order valence-electron chi connectivity index (χ2n) is 6.20. The molecule has 134 valence electrons. The Morgan fingerprint density at radius 3 is 2.79 bits per heavy atom. The summed E-state index contributed by atoms with van der Waals surface area (Å²) in [4.78, 5) is 14.0. The molecule has 1 saturated heterocycles. The SMILES string of the molecule is CC(C)CN1CCOC(CNC(=O)Nc2ccc(F)c(F)c2F)C1. The van der Waals surface area contributed by atoms with E-state index in [1.165, 1.54) is 0 Å². The van der Waals surface area contributed by atoms with E-state index in [4.69, 9.17) is 4.74 Å². The molecule has 0 radical (unpaired) electrons. The highest BCUT2D eigenvalue weighted by molar-refractivity contribution is 5.89. The van der Waals surface area contributed by atoms with Crippen molar-refractivity contribution in [3.63, 3.8) is 0 Å². The molecular formula is C16H22F3N3O2. The molecule has 2 rings (SSSR count). The monoisotopic (exact) mass is 345 g/mol. The van der Waals surface area contributed by atoms with Gasteiger partial charge in [0.1, 0.15) is 0 Å². The first kappa shape index (κ1) is 18.5. The molecule has 1 fully saturated rings. The highest BCUT2D eigenvalue weighted by atomic mass is 19.2. The van der Waals surface area contributed by atoms with Crippen molar-refractivity contribution in [3.05, 3.63) is 29.6 Å². The fourth-order valence-corrected chi connectivity index (χ4v) is 2.58. The Kier molecular flexibility index (Phi) is 6.44. The van der Waals surface area contributed by atoms with Crippen molar-refractivity contribution < 1.29 is 22.7 Å². The van der Waals surface area contributed by atoms with Gasteiger partial charge in [0.05, 0.1) is 18.4 Å². The molecule has 1 heterocycles. The second-order valence-corrected chi connectivity index (χ2v) is 6.20. The van der Waals surface area contributed by atoms with Gasteiger partial charge in [-0.2, -0.15) is 0 Å². The largest absolute Gasteiger partial charge is 0.374 e. The predicted molar refractivity (Wildman–Crippen MR) is 84.4 cm³/mol. The fraction of sp³-hybridized carbons (Fsp3) is 0.562. The fourth-order valence-electron chi connectivity index (χ4n) is 2.58. The molecule has 0 aliphatic carbocycles. The lowest BCUT2D eigenvalue weighted by molar-refractivity contribution is -0.0288. The van der Waals surface area contributed by atoms with Gasteiger partial charge in [0.2, 0.25) is 0 Å². The van der Waals surface area contributed by atoms with Crippen LogP contribution in [0.2, 0.25) is 0 Å². The predicted octanol–water partition coefficient (Wildman–Crippen LogP) is 2.58. The van der Waals surface area contributed by atoms with Crippen molar-refractivity contribution in [2.24, 2.45) is 5.92 Å². The molecule has 1 aromatic rings. The van der Waals surface area contributed by atoms with E-state index in [1.54, 1.807) is 0 Å². The third-order valence-electron chi connectivity index (χ3n) is 3.62. The number of ether oxygens (including phenoxy) is 1. The summed E-state index contributed by atoms with van der Waals surface area (Å²) in [5.74, 6) is -3.81. The molecule has 0 bridgehead atoms. The molecule has 2 N–H and O–H groups in total. The summed E-state index contributed by atoms with van der Waals surface area (Å²) in [6.07, 6.45) is -0.168. The van der Waals surface area contributed by atoms with Crippen LogP contribution in [-0.2, 0) is 4.74 Å². The van der Waals surface area contributed by atoms with Crippen LogP contribution >= 0.6 is 0 Å². The zero-order valence-electron chi connectivity index (χ0n) is 13.7. The molecule has 1 aliphatic rings. The third-order valence-corrected chi connectivity index (χ3v) is 3.62. The molecule has 2 amide bonds. The maximum absolute atomic E-state index is 13.5. The zero-order valence-corrected chi connectivity index (χ0v) is 13.7. The summed E-state index contributed by atoms with van der Waals surface area (Å²) in [5.41, 5.74) is -0.419. The van der Waals surface area contributed by atoms with E-state index in [2.05, 4.69) is 29.4 Å². The van der Waals surface area contributed by atoms with Crippen molar-refractivity contribution in [2.75, 3.05) is 38.1 Å². The Hall–Kier alpha value is -1.80. The lowest BCUT2D eigenvalue weighted by Crippen LogP contribution is -2.48. The van der Waals surface area contributed by atoms with Gasteiger partial charge in [-0.1, -0.05) is 13.8 Å². The first-order valence-corrected chi connectivity index (χ1v) is 7.89. The lowest BCUT2D eigenvalue weighted by Gasteiger charge is -2.33. The maximum Gasteiger partial charge on any atom is 0.319 e. The molecule has 5 nitrogen and oxygen atoms in total. The number of urea groups is 1. The first-order chi connectivity index (χ1) is 11.4. The van der Waals surface area contributed by atoms with Gasteiger partial charge in [0.15, 0.2) is 17.5 Å². The quantitative estimate of drug-likeness (QED) is 0.807. The maximum atomic E-state index is 13.5. The van der Waals surface area contributed by atoms with Gasteiger partial charge in [-0.3, -0.25) is 4.90 Å². The number of halogens is 3. The van der Waals surface area contributed by atoms with Crippen molar-refractivity contribution in [2.45, 2.75) is 20.0 Å². The van der Waals surface area contributed by atoms with Gasteiger partial charge < -0.3 is 15.4 Å². The summed E-state index contributed by atoms with van der Waals surface area (Å²) < 4.78 is 45.1. The van der Waals surface area contributed by atoms with Crippen LogP contribution in [0.25, 0.3) is 0 Å². The Morgan fingerprint density at radius 2 is 2.08 bits per heavy atom. The third kappa shape index (κ3) is 5.10. The molecule has 1 aliphatic heterocycles. The number of anilines is 1. The van der Waals surface area contributed by atoms with Gasteiger partial charge in [0, 0.05) is 26.2 Å². The van der Waals surface area contributed by atoms with Crippen LogP contribution < -0.4 is 10.6 Å². The van der Waals surface area contributed by atoms with E-state index in [0.717, 1.165) is 25.2 Å². The van der Waals surface area contributed by atoms with Gasteiger partial charge in [-0.05, 0) is 18.1 Å². The number of hydrogen-bond acceptors (Lipinski definition) is 3. The highest BCUT2D eigenvalue weighted by Crippen LogP contribution is 2.19. The van der Waals surface area contributed by atoms with Crippen LogP contribution in [0.1, 0.15) is 13.8 Å². The smallest absolute Gasteiger partial charge is 0.319 e. The molecule has 0 saturated carbocycles. The summed E-state index contributed by atoms with van der Waals surface area (Å²) in [7, 11) is 0. The molecule has 8 heteroatoms. The minimum Gasteiger partial charge on any atom is -0.374 e. The van der Waals surface area contributed by atoms with Crippen LogP contribution in [0, 0.1) is 23.4 Å². The second kappa shape index (κ2) is 8.34. The van der Waals surface area contributed by atoms with Crippen LogP contribution in [0.5, 0.6) is 0 Å². The summed E-state index contributed by atoms with van der Waals surface area (Å²) in [6, 6.07) is 1.01. The Labute approximate surface area is 139 Å². The van der Waals surface area contributed by atoms with Crippen LogP contribution in [0.4, 0.5) is 23.7 Å². The molecule has 0 spiro atoms. The number of rotatable bonds is 5. The molecule has 24 heavy (non-hydrogen) atoms. The normalized spacial score (nSPS) is 18.7. The van der Waals surface area contributed by atoms with E-state index in [9.17, 15) is 18.0 Å². The number of carbonyl (C=O) groups is 1. The van der Waals surface area contributed by atoms with E-state index < -0.39 is 29.2 Å². The minimum absolute atomic E-state index is 0.168. The molecule has 1 unspecified atom stereocenters. The zero-order chi connectivity index (χ0) is 17.7. The van der Waals surface area contributed by atoms with Crippen molar-refractivity contribution >= 4 is 11.7 Å². The Bertz CT molecular complexity index is 584. The van der Waals surface area contributed by atoms with Crippen LogP contribution in [-0.4, -0.2) is 49.8 Å². The number of nitrogens with one attached hydrogen (secondary N) is 2. The summed E-state index contributed by atoms with van der Waals surface area (Å²) in [6.45, 7) is 7.58. The number of benzene rings is 1. The van der Waals surface area contributed by atoms with Crippen LogP contribution in [0.3, 0.4) is 0 Å². The standard InChI is InChI=1S/C16H22F3N3O2/c1-10(2)8-22-5-6-24-11(9-22)7-20-16(23)21-13-4-3-12(17)14(18)15(13)19/h3-4,10-11H,5-9H2,1-2H3,(H2,20,21,23). The van der Waals surface area contributed by atoms with Gasteiger partial charge in [0.25, 0.3) is 0 Å². The first-order valence-electron chi connectivity index (χ1n) is 7.89. The number of amides is 2. The van der Waals surface area contributed by atoms with Crippen LogP contribution in [0.15, 0.2) is 12.1 Å². The molecule has 1 aromatic carbocycles. The number of nitrogens with zero attached hydrogens (tertiary/aromatic N) is 1. The van der Waals surface area contributed by atoms with Gasteiger partial charge in [-0.25, -0.2) is 18.0 Å². The molecule has 1 atom stereocenters. The number of morpholine rings is 1. The van der Waals surface area contributed by atoms with E-state index in [1.807, 2.05) is 0 Å². The molecular weight excluding hydrogens is 323 g/mol. The highest BCUT2D eigenvalue weighted by Gasteiger charge is 2.22. The van der Waals surface area contributed by atoms with Crippen molar-refractivity contribution in [1.29, 1.82) is 0 Å². The summed E-state index contributed by atoms with van der Waals surface area (Å²) >= 11 is 0. The Morgan fingerprint density at radius 1 is 1.33 bits per heavy atom. The Balaban J connectivity index is 1.82. The van der Waals surface area contributed by atoms with E-state index in [-0.39, 0.29) is 12.6 Å². The van der Waals surface area contributed by atoms with E-state index >= 15 is 0 Å². The molecule has 0 aromatic heterocycles. The average Bonchev–Trinajstić information content (AvgIpc) is 2.53. The van der Waals surface area contributed by atoms with E-state index in [0.29, 0.717) is 19.1 Å². The van der Waals surface area contributed by atoms with Gasteiger partial charge in [-0.15, -0.1) is 0 Å². The topological polar surface area (TPSA) is 53.6 Å². The number of hydrogen-bond donors (Lipinski definition) is 2. The van der Waals surface area contributed by atoms with Gasteiger partial charge >= 0.3 is 6.03 Å². The average molecular weight is 345 g/mol. The van der Waals surface area contributed by atoms with Crippen molar-refractivity contribution in [3.8, 4) is 0 Å². The summed E-state index contributed by atoms with van der Waals surface area (Å²) in [5, 5.41) is 4.71. The lowest BCUT2D eigenvalue weighted by atomic mass is 10.2. The minimum atomic E-state index is -1.62. The number of carbonyl (C=O) groups excluding carboxylic acids is 1. The van der Waals surface area contributed by atoms with Crippen molar-refractivity contribution in [1.82, 2.24) is 10.2 Å².